The minimum absolute atomic E-state index is 0.0215. The fourth-order valence-corrected chi connectivity index (χ4v) is 5.10. The first-order valence-electron chi connectivity index (χ1n) is 11.8. The lowest BCUT2D eigenvalue weighted by molar-refractivity contribution is 0.0883. The Morgan fingerprint density at radius 1 is 1.21 bits per heavy atom. The van der Waals surface area contributed by atoms with Gasteiger partial charge in [-0.25, -0.2) is 4.39 Å². The third kappa shape index (κ3) is 4.69. The highest BCUT2D eigenvalue weighted by Crippen LogP contribution is 2.38. The molecule has 1 unspecified atom stereocenters. The van der Waals surface area contributed by atoms with E-state index in [0.717, 1.165) is 44.0 Å². The lowest BCUT2D eigenvalue weighted by Gasteiger charge is -2.37. The standard InChI is InChI=1S/C26H34FN3O3/c1-6-29-9-11-30(12-10-29)20-8-7-18(27)13-19(20)17(3)28-25(32)24-16(2)23-21(31)14-26(4,5)15-22(23)33-24/h7-8,13,17H,6,9-12,14-15H2,1-5H3,(H,28,32). The van der Waals surface area contributed by atoms with Crippen LogP contribution in [0.2, 0.25) is 0 Å². The van der Waals surface area contributed by atoms with Gasteiger partial charge in [-0.15, -0.1) is 0 Å². The van der Waals surface area contributed by atoms with Crippen LogP contribution in [0.25, 0.3) is 0 Å². The van der Waals surface area contributed by atoms with Crippen molar-refractivity contribution in [2.24, 2.45) is 5.41 Å². The molecule has 0 bridgehead atoms. The highest BCUT2D eigenvalue weighted by molar-refractivity contribution is 6.03. The molecule has 1 saturated heterocycles. The molecule has 4 rings (SSSR count). The second kappa shape index (κ2) is 8.93. The molecule has 0 saturated carbocycles. The number of hydrogen-bond donors (Lipinski definition) is 1. The highest BCUT2D eigenvalue weighted by atomic mass is 19.1. The lowest BCUT2D eigenvalue weighted by Crippen LogP contribution is -2.46. The second-order valence-electron chi connectivity index (χ2n) is 10.1. The summed E-state index contributed by atoms with van der Waals surface area (Å²) in [5.74, 6) is 0.0676. The zero-order chi connectivity index (χ0) is 23.9. The van der Waals surface area contributed by atoms with Crippen molar-refractivity contribution in [1.29, 1.82) is 0 Å². The maximum Gasteiger partial charge on any atom is 0.287 e. The molecule has 0 spiro atoms. The van der Waals surface area contributed by atoms with E-state index in [9.17, 15) is 14.0 Å². The predicted octanol–water partition coefficient (Wildman–Crippen LogP) is 4.52. The molecule has 1 aliphatic heterocycles. The molecule has 0 radical (unpaired) electrons. The number of furan rings is 1. The summed E-state index contributed by atoms with van der Waals surface area (Å²) < 4.78 is 20.1. The van der Waals surface area contributed by atoms with Crippen molar-refractivity contribution in [3.8, 4) is 0 Å². The Balaban J connectivity index is 1.56. The highest BCUT2D eigenvalue weighted by Gasteiger charge is 2.37. The first kappa shape index (κ1) is 23.5. The van der Waals surface area contributed by atoms with E-state index in [4.69, 9.17) is 4.42 Å². The molecule has 2 aliphatic rings. The number of fused-ring (bicyclic) bond motifs is 1. The number of nitrogens with one attached hydrogen (secondary N) is 1. The van der Waals surface area contributed by atoms with Gasteiger partial charge in [-0.3, -0.25) is 9.59 Å². The van der Waals surface area contributed by atoms with Crippen LogP contribution in [0.3, 0.4) is 0 Å². The van der Waals surface area contributed by atoms with E-state index in [1.165, 1.54) is 12.1 Å². The van der Waals surface area contributed by atoms with Crippen LogP contribution < -0.4 is 10.2 Å². The maximum atomic E-state index is 14.2. The summed E-state index contributed by atoms with van der Waals surface area (Å²) in [5, 5.41) is 2.98. The molecule has 2 aromatic rings. The summed E-state index contributed by atoms with van der Waals surface area (Å²) in [6.07, 6.45) is 1.06. The van der Waals surface area contributed by atoms with Gasteiger partial charge in [0.25, 0.3) is 5.91 Å². The molecule has 7 heteroatoms. The largest absolute Gasteiger partial charge is 0.455 e. The van der Waals surface area contributed by atoms with Crippen LogP contribution in [0.5, 0.6) is 0 Å². The van der Waals surface area contributed by atoms with Gasteiger partial charge in [-0.05, 0) is 44.0 Å². The van der Waals surface area contributed by atoms with Crippen molar-refractivity contribution in [1.82, 2.24) is 10.2 Å². The molecule has 1 aromatic heterocycles. The van der Waals surface area contributed by atoms with Crippen LogP contribution in [0, 0.1) is 18.2 Å². The summed E-state index contributed by atoms with van der Waals surface area (Å²) in [4.78, 5) is 30.5. The average Bonchev–Trinajstić information content (AvgIpc) is 3.09. The van der Waals surface area contributed by atoms with Crippen LogP contribution >= 0.6 is 0 Å². The van der Waals surface area contributed by atoms with Crippen molar-refractivity contribution < 1.29 is 18.4 Å². The smallest absolute Gasteiger partial charge is 0.287 e. The number of Topliss-reactive ketones (excluding diaryl/α,β-unsaturated/α-hetero) is 1. The Morgan fingerprint density at radius 2 is 1.91 bits per heavy atom. The van der Waals surface area contributed by atoms with Crippen LogP contribution in [0.15, 0.2) is 22.6 Å². The van der Waals surface area contributed by atoms with Crippen molar-refractivity contribution in [3.05, 3.63) is 52.2 Å². The second-order valence-corrected chi connectivity index (χ2v) is 10.1. The molecule has 1 N–H and O–H groups in total. The minimum atomic E-state index is -0.430. The monoisotopic (exact) mass is 455 g/mol. The number of nitrogens with zero attached hydrogens (tertiary/aromatic N) is 2. The fraction of sp³-hybridized carbons (Fsp3) is 0.538. The Bertz CT molecular complexity index is 1070. The molecule has 1 aromatic carbocycles. The van der Waals surface area contributed by atoms with E-state index in [2.05, 4.69) is 22.0 Å². The molecular weight excluding hydrogens is 421 g/mol. The quantitative estimate of drug-likeness (QED) is 0.718. The number of benzene rings is 1. The Kier molecular flexibility index (Phi) is 6.36. The average molecular weight is 456 g/mol. The molecule has 1 aliphatic carbocycles. The lowest BCUT2D eigenvalue weighted by atomic mass is 9.76. The van der Waals surface area contributed by atoms with Crippen LogP contribution in [-0.2, 0) is 6.42 Å². The van der Waals surface area contributed by atoms with Gasteiger partial charge in [-0.1, -0.05) is 20.8 Å². The number of ketones is 1. The van der Waals surface area contributed by atoms with Crippen LogP contribution in [0.1, 0.15) is 78.0 Å². The van der Waals surface area contributed by atoms with Gasteiger partial charge >= 0.3 is 0 Å². The van der Waals surface area contributed by atoms with Crippen molar-refractivity contribution in [2.45, 2.75) is 53.5 Å². The van der Waals surface area contributed by atoms with E-state index in [0.29, 0.717) is 29.7 Å². The van der Waals surface area contributed by atoms with Gasteiger partial charge < -0.3 is 19.5 Å². The van der Waals surface area contributed by atoms with Gasteiger partial charge in [0.2, 0.25) is 0 Å². The van der Waals surface area contributed by atoms with Crippen molar-refractivity contribution in [3.63, 3.8) is 0 Å². The molecular formula is C26H34FN3O3. The first-order valence-corrected chi connectivity index (χ1v) is 11.8. The SMILES string of the molecule is CCN1CCN(c2ccc(F)cc2C(C)NC(=O)c2oc3c(c2C)C(=O)CC(C)(C)C3)CC1. The summed E-state index contributed by atoms with van der Waals surface area (Å²) in [7, 11) is 0. The molecule has 1 atom stereocenters. The number of hydrogen-bond acceptors (Lipinski definition) is 5. The van der Waals surface area contributed by atoms with Gasteiger partial charge in [0, 0.05) is 55.8 Å². The van der Waals surface area contributed by atoms with E-state index >= 15 is 0 Å². The number of piperazine rings is 1. The topological polar surface area (TPSA) is 65.8 Å². The molecule has 6 nitrogen and oxygen atoms in total. The van der Waals surface area contributed by atoms with E-state index in [1.54, 1.807) is 13.0 Å². The number of likely N-dealkylation sites (N-methyl/N-ethyl adjacent to an activating group) is 1. The number of anilines is 1. The van der Waals surface area contributed by atoms with Crippen molar-refractivity contribution in [2.75, 3.05) is 37.6 Å². The summed E-state index contributed by atoms with van der Waals surface area (Å²) >= 11 is 0. The Morgan fingerprint density at radius 3 is 2.58 bits per heavy atom. The van der Waals surface area contributed by atoms with Gasteiger partial charge in [0.15, 0.2) is 11.5 Å². The molecule has 1 fully saturated rings. The molecule has 2 heterocycles. The zero-order valence-corrected chi connectivity index (χ0v) is 20.3. The summed E-state index contributed by atoms with van der Waals surface area (Å²) in [6.45, 7) is 14.5. The van der Waals surface area contributed by atoms with Gasteiger partial charge in [0.1, 0.15) is 11.6 Å². The number of halogens is 1. The van der Waals surface area contributed by atoms with E-state index in [1.807, 2.05) is 20.8 Å². The number of amides is 1. The van der Waals surface area contributed by atoms with E-state index < -0.39 is 6.04 Å². The van der Waals surface area contributed by atoms with Crippen molar-refractivity contribution >= 4 is 17.4 Å². The Labute approximate surface area is 195 Å². The maximum absolute atomic E-state index is 14.2. The fourth-order valence-electron chi connectivity index (χ4n) is 5.10. The third-order valence-corrected chi connectivity index (χ3v) is 6.95. The predicted molar refractivity (Wildman–Crippen MR) is 126 cm³/mol. The first-order chi connectivity index (χ1) is 15.6. The number of rotatable bonds is 5. The summed E-state index contributed by atoms with van der Waals surface area (Å²) in [6, 6.07) is 4.34. The van der Waals surface area contributed by atoms with Crippen LogP contribution in [-0.4, -0.2) is 49.3 Å². The Hall–Kier alpha value is -2.67. The summed E-state index contributed by atoms with van der Waals surface area (Å²) in [5.41, 5.74) is 2.62. The minimum Gasteiger partial charge on any atom is -0.455 e. The molecule has 178 valence electrons. The normalized spacial score (nSPS) is 19.3. The number of carbonyl (C=O) groups is 2. The molecule has 1 amide bonds. The third-order valence-electron chi connectivity index (χ3n) is 6.95. The van der Waals surface area contributed by atoms with E-state index in [-0.39, 0.29) is 28.7 Å². The molecule has 33 heavy (non-hydrogen) atoms. The number of carbonyl (C=O) groups excluding carboxylic acids is 2. The van der Waals surface area contributed by atoms with Gasteiger partial charge in [0.05, 0.1) is 11.6 Å². The zero-order valence-electron chi connectivity index (χ0n) is 20.3. The van der Waals surface area contributed by atoms with Gasteiger partial charge in [-0.2, -0.15) is 0 Å². The van der Waals surface area contributed by atoms with Crippen LogP contribution in [0.4, 0.5) is 10.1 Å².